The Morgan fingerprint density at radius 3 is 2.61 bits per heavy atom. The molecule has 0 saturated heterocycles. The fourth-order valence-electron chi connectivity index (χ4n) is 1.44. The van der Waals surface area contributed by atoms with Crippen LogP contribution < -0.4 is 10.6 Å². The van der Waals surface area contributed by atoms with Crippen molar-refractivity contribution in [3.8, 4) is 5.75 Å². The highest BCUT2D eigenvalue weighted by molar-refractivity contribution is 9.10. The molecule has 1 rings (SSSR count). The first kappa shape index (κ1) is 15.0. The van der Waals surface area contributed by atoms with Gasteiger partial charge in [-0.25, -0.2) is 0 Å². The van der Waals surface area contributed by atoms with Gasteiger partial charge in [-0.1, -0.05) is 6.07 Å². The summed E-state index contributed by atoms with van der Waals surface area (Å²) in [6.45, 7) is 6.69. The largest absolute Gasteiger partial charge is 0.507 e. The lowest BCUT2D eigenvalue weighted by atomic mass is 10.1. The van der Waals surface area contributed by atoms with Crippen molar-refractivity contribution in [3.63, 3.8) is 0 Å². The lowest BCUT2D eigenvalue weighted by Gasteiger charge is -2.20. The Bertz CT molecular complexity index is 427. The highest BCUT2D eigenvalue weighted by Crippen LogP contribution is 2.24. The number of carbonyl (C=O) groups is 1. The van der Waals surface area contributed by atoms with Crippen molar-refractivity contribution in [2.75, 3.05) is 6.54 Å². The maximum atomic E-state index is 11.5. The zero-order valence-corrected chi connectivity index (χ0v) is 12.5. The van der Waals surface area contributed by atoms with E-state index in [0.717, 1.165) is 5.56 Å². The van der Waals surface area contributed by atoms with E-state index in [1.807, 2.05) is 32.9 Å². The lowest BCUT2D eigenvalue weighted by molar-refractivity contribution is -0.121. The van der Waals surface area contributed by atoms with Crippen LogP contribution in [0.25, 0.3) is 0 Å². The van der Waals surface area contributed by atoms with Gasteiger partial charge in [0.25, 0.3) is 0 Å². The predicted octanol–water partition coefficient (Wildman–Crippen LogP) is 2.16. The number of hydrogen-bond donors (Lipinski definition) is 3. The molecule has 0 radical (unpaired) electrons. The number of phenols is 1. The summed E-state index contributed by atoms with van der Waals surface area (Å²) in [5, 5.41) is 15.3. The molecule has 100 valence electrons. The van der Waals surface area contributed by atoms with Crippen LogP contribution in [0.1, 0.15) is 26.3 Å². The van der Waals surface area contributed by atoms with Crippen LogP contribution >= 0.6 is 15.9 Å². The quantitative estimate of drug-likeness (QED) is 0.798. The van der Waals surface area contributed by atoms with E-state index in [4.69, 9.17) is 0 Å². The molecule has 0 aliphatic heterocycles. The van der Waals surface area contributed by atoms with Gasteiger partial charge in [-0.15, -0.1) is 0 Å². The van der Waals surface area contributed by atoms with Crippen LogP contribution in [0.2, 0.25) is 0 Å². The minimum atomic E-state index is -0.208. The molecular formula is C13H19BrN2O2. The normalized spacial score (nSPS) is 11.3. The van der Waals surface area contributed by atoms with Gasteiger partial charge in [0.2, 0.25) is 5.91 Å². The van der Waals surface area contributed by atoms with Crippen molar-refractivity contribution >= 4 is 21.8 Å². The first-order valence-corrected chi connectivity index (χ1v) is 6.56. The van der Waals surface area contributed by atoms with Crippen LogP contribution in [-0.4, -0.2) is 23.1 Å². The summed E-state index contributed by atoms with van der Waals surface area (Å²) in [7, 11) is 0. The molecule has 1 aromatic rings. The van der Waals surface area contributed by atoms with Gasteiger partial charge in [-0.2, -0.15) is 0 Å². The van der Waals surface area contributed by atoms with Crippen LogP contribution in [0.3, 0.4) is 0 Å². The Labute approximate surface area is 116 Å². The summed E-state index contributed by atoms with van der Waals surface area (Å²) in [5.74, 6) is 0.185. The number of aromatic hydroxyl groups is 1. The van der Waals surface area contributed by atoms with Gasteiger partial charge in [-0.3, -0.25) is 4.79 Å². The van der Waals surface area contributed by atoms with E-state index < -0.39 is 0 Å². The van der Waals surface area contributed by atoms with Gasteiger partial charge in [0.05, 0.1) is 11.0 Å². The average molecular weight is 315 g/mol. The summed E-state index contributed by atoms with van der Waals surface area (Å²) < 4.78 is 0.654. The van der Waals surface area contributed by atoms with Crippen LogP contribution in [0.15, 0.2) is 22.7 Å². The summed E-state index contributed by atoms with van der Waals surface area (Å²) in [6.07, 6.45) is 0. The Balaban J connectivity index is 2.38. The molecule has 0 aliphatic carbocycles. The summed E-state index contributed by atoms with van der Waals surface area (Å²) in [6, 6.07) is 5.26. The van der Waals surface area contributed by atoms with E-state index in [-0.39, 0.29) is 23.7 Å². The van der Waals surface area contributed by atoms with E-state index >= 15 is 0 Å². The van der Waals surface area contributed by atoms with Gasteiger partial charge in [0.15, 0.2) is 0 Å². The fourth-order valence-corrected chi connectivity index (χ4v) is 1.87. The van der Waals surface area contributed by atoms with Crippen molar-refractivity contribution < 1.29 is 9.90 Å². The summed E-state index contributed by atoms with van der Waals surface area (Å²) in [5.41, 5.74) is 0.795. The van der Waals surface area contributed by atoms with Gasteiger partial charge in [0.1, 0.15) is 5.75 Å². The SMILES string of the molecule is CC(C)(C)NC(=O)CNCc1ccc(O)c(Br)c1. The number of amides is 1. The molecule has 4 nitrogen and oxygen atoms in total. The third-order valence-electron chi connectivity index (χ3n) is 2.14. The molecular weight excluding hydrogens is 296 g/mol. The van der Waals surface area contributed by atoms with Gasteiger partial charge >= 0.3 is 0 Å². The highest BCUT2D eigenvalue weighted by atomic mass is 79.9. The third-order valence-corrected chi connectivity index (χ3v) is 2.78. The standard InChI is InChI=1S/C13H19BrN2O2/c1-13(2,3)16-12(18)8-15-7-9-4-5-11(17)10(14)6-9/h4-6,15,17H,7-8H2,1-3H3,(H,16,18). The molecule has 0 aliphatic rings. The Morgan fingerprint density at radius 2 is 2.06 bits per heavy atom. The molecule has 0 spiro atoms. The van der Waals surface area contributed by atoms with E-state index in [9.17, 15) is 9.90 Å². The van der Waals surface area contributed by atoms with Gasteiger partial charge in [-0.05, 0) is 54.4 Å². The van der Waals surface area contributed by atoms with E-state index in [0.29, 0.717) is 11.0 Å². The van der Waals surface area contributed by atoms with E-state index in [2.05, 4.69) is 26.6 Å². The molecule has 0 saturated carbocycles. The molecule has 0 heterocycles. The predicted molar refractivity (Wildman–Crippen MR) is 75.4 cm³/mol. The zero-order chi connectivity index (χ0) is 13.8. The lowest BCUT2D eigenvalue weighted by Crippen LogP contribution is -2.44. The monoisotopic (exact) mass is 314 g/mol. The number of carbonyl (C=O) groups excluding carboxylic acids is 1. The maximum Gasteiger partial charge on any atom is 0.234 e. The second-order valence-electron chi connectivity index (χ2n) is 5.19. The zero-order valence-electron chi connectivity index (χ0n) is 10.9. The second-order valence-corrected chi connectivity index (χ2v) is 6.04. The number of phenolic OH excluding ortho intramolecular Hbond substituents is 1. The summed E-state index contributed by atoms with van der Waals surface area (Å²) in [4.78, 5) is 11.5. The van der Waals surface area contributed by atoms with Crippen molar-refractivity contribution in [3.05, 3.63) is 28.2 Å². The van der Waals surface area contributed by atoms with Crippen molar-refractivity contribution in [2.45, 2.75) is 32.9 Å². The van der Waals surface area contributed by atoms with E-state index in [1.165, 1.54) is 0 Å². The highest BCUT2D eigenvalue weighted by Gasteiger charge is 2.12. The number of benzene rings is 1. The molecule has 0 atom stereocenters. The molecule has 0 aromatic heterocycles. The fraction of sp³-hybridized carbons (Fsp3) is 0.462. The first-order chi connectivity index (χ1) is 8.28. The second kappa shape index (κ2) is 6.20. The number of nitrogens with one attached hydrogen (secondary N) is 2. The van der Waals surface area contributed by atoms with Crippen LogP contribution in [0.5, 0.6) is 5.75 Å². The topological polar surface area (TPSA) is 61.4 Å². The van der Waals surface area contributed by atoms with Crippen LogP contribution in [0, 0.1) is 0 Å². The molecule has 3 N–H and O–H groups in total. The maximum absolute atomic E-state index is 11.5. The van der Waals surface area contributed by atoms with Crippen molar-refractivity contribution in [1.29, 1.82) is 0 Å². The molecule has 1 aromatic carbocycles. The first-order valence-electron chi connectivity index (χ1n) is 5.77. The molecule has 0 bridgehead atoms. The van der Waals surface area contributed by atoms with Crippen LogP contribution in [-0.2, 0) is 11.3 Å². The molecule has 0 fully saturated rings. The summed E-state index contributed by atoms with van der Waals surface area (Å²) >= 11 is 3.25. The van der Waals surface area contributed by atoms with Crippen molar-refractivity contribution in [1.82, 2.24) is 10.6 Å². The number of rotatable bonds is 4. The van der Waals surface area contributed by atoms with Crippen LogP contribution in [0.4, 0.5) is 0 Å². The molecule has 5 heteroatoms. The minimum absolute atomic E-state index is 0.0275. The Hall–Kier alpha value is -1.07. The minimum Gasteiger partial charge on any atom is -0.507 e. The molecule has 0 unspecified atom stereocenters. The van der Waals surface area contributed by atoms with Gasteiger partial charge in [0, 0.05) is 12.1 Å². The van der Waals surface area contributed by atoms with Crippen molar-refractivity contribution in [2.24, 2.45) is 0 Å². The third kappa shape index (κ3) is 5.51. The van der Waals surface area contributed by atoms with Gasteiger partial charge < -0.3 is 15.7 Å². The average Bonchev–Trinajstić information content (AvgIpc) is 2.20. The molecule has 18 heavy (non-hydrogen) atoms. The smallest absolute Gasteiger partial charge is 0.234 e. The van der Waals surface area contributed by atoms with E-state index in [1.54, 1.807) is 6.07 Å². The Kier molecular flexibility index (Phi) is 5.16. The number of halogens is 1. The Morgan fingerprint density at radius 1 is 1.39 bits per heavy atom. The molecule has 1 amide bonds. The number of hydrogen-bond acceptors (Lipinski definition) is 3.